The van der Waals surface area contributed by atoms with E-state index in [0.717, 1.165) is 5.56 Å². The number of fused-ring (bicyclic) bond motifs is 1. The smallest absolute Gasteiger partial charge is 0.245 e. The van der Waals surface area contributed by atoms with E-state index in [1.165, 1.54) is 16.4 Å². The topological polar surface area (TPSA) is 65.1 Å². The van der Waals surface area contributed by atoms with Gasteiger partial charge in [0, 0.05) is 12.6 Å². The third kappa shape index (κ3) is 2.46. The Morgan fingerprint density at radius 1 is 1.00 bits per heavy atom. The van der Waals surface area contributed by atoms with E-state index in [0.29, 0.717) is 24.7 Å². The quantitative estimate of drug-likeness (QED) is 0.861. The number of sulfonamides is 1. The second-order valence-corrected chi connectivity index (χ2v) is 7.16. The highest BCUT2D eigenvalue weighted by molar-refractivity contribution is 7.89. The van der Waals surface area contributed by atoms with Gasteiger partial charge in [0.1, 0.15) is 6.23 Å². The first-order chi connectivity index (χ1) is 11.2. The van der Waals surface area contributed by atoms with Crippen LogP contribution in [0.5, 0.6) is 11.5 Å². The number of benzene rings is 2. The van der Waals surface area contributed by atoms with Crippen molar-refractivity contribution in [1.82, 2.24) is 4.31 Å². The Morgan fingerprint density at radius 2 is 1.78 bits per heavy atom. The van der Waals surface area contributed by atoms with E-state index in [9.17, 15) is 8.42 Å². The maximum atomic E-state index is 13.0. The van der Waals surface area contributed by atoms with E-state index in [1.54, 1.807) is 6.07 Å². The third-order valence-corrected chi connectivity index (χ3v) is 5.73. The van der Waals surface area contributed by atoms with E-state index in [4.69, 9.17) is 14.2 Å². The molecule has 0 aromatic heterocycles. The van der Waals surface area contributed by atoms with E-state index in [-0.39, 0.29) is 11.7 Å². The fraction of sp³-hybridized carbons (Fsp3) is 0.250. The van der Waals surface area contributed by atoms with Gasteiger partial charge in [-0.3, -0.25) is 0 Å². The van der Waals surface area contributed by atoms with Gasteiger partial charge in [0.15, 0.2) is 11.5 Å². The summed E-state index contributed by atoms with van der Waals surface area (Å²) >= 11 is 0. The Balaban J connectivity index is 1.70. The fourth-order valence-corrected chi connectivity index (χ4v) is 4.27. The lowest BCUT2D eigenvalue weighted by molar-refractivity contribution is 0.0683. The number of hydrogen-bond acceptors (Lipinski definition) is 5. The summed E-state index contributed by atoms with van der Waals surface area (Å²) in [6.07, 6.45) is -0.605. The molecule has 0 amide bonds. The summed E-state index contributed by atoms with van der Waals surface area (Å²) in [6.45, 7) is 0.790. The van der Waals surface area contributed by atoms with Crippen LogP contribution in [0.2, 0.25) is 0 Å². The van der Waals surface area contributed by atoms with Crippen LogP contribution in [0.15, 0.2) is 53.4 Å². The molecule has 120 valence electrons. The largest absolute Gasteiger partial charge is 0.454 e. The molecule has 23 heavy (non-hydrogen) atoms. The minimum absolute atomic E-state index is 0.109. The predicted molar refractivity (Wildman–Crippen MR) is 81.6 cm³/mol. The minimum atomic E-state index is -3.68. The van der Waals surface area contributed by atoms with Gasteiger partial charge in [-0.2, -0.15) is 4.31 Å². The molecule has 0 N–H and O–H groups in total. The van der Waals surface area contributed by atoms with Crippen LogP contribution in [0.25, 0.3) is 0 Å². The van der Waals surface area contributed by atoms with Crippen LogP contribution in [-0.2, 0) is 14.8 Å². The molecule has 0 bridgehead atoms. The molecule has 0 radical (unpaired) electrons. The van der Waals surface area contributed by atoms with Crippen LogP contribution in [0.4, 0.5) is 0 Å². The molecule has 2 aromatic carbocycles. The summed E-state index contributed by atoms with van der Waals surface area (Å²) in [7, 11) is -3.68. The Labute approximate surface area is 134 Å². The van der Waals surface area contributed by atoms with Gasteiger partial charge < -0.3 is 14.2 Å². The van der Waals surface area contributed by atoms with Crippen molar-refractivity contribution >= 4 is 10.0 Å². The lowest BCUT2D eigenvalue weighted by Gasteiger charge is -2.23. The lowest BCUT2D eigenvalue weighted by Crippen LogP contribution is -2.31. The normalized spacial score (nSPS) is 20.8. The van der Waals surface area contributed by atoms with Crippen LogP contribution >= 0.6 is 0 Å². The zero-order chi connectivity index (χ0) is 15.9. The van der Waals surface area contributed by atoms with Gasteiger partial charge in [0.25, 0.3) is 0 Å². The second kappa shape index (κ2) is 5.52. The molecule has 2 aromatic rings. The van der Waals surface area contributed by atoms with Crippen molar-refractivity contribution < 1.29 is 22.6 Å². The summed E-state index contributed by atoms with van der Waals surface area (Å²) in [4.78, 5) is 0.174. The van der Waals surface area contributed by atoms with Crippen molar-refractivity contribution in [2.45, 2.75) is 11.1 Å². The average molecular weight is 333 g/mol. The molecule has 0 spiro atoms. The van der Waals surface area contributed by atoms with Crippen molar-refractivity contribution in [2.24, 2.45) is 0 Å². The molecule has 4 rings (SSSR count). The average Bonchev–Trinajstić information content (AvgIpc) is 3.24. The van der Waals surface area contributed by atoms with Crippen LogP contribution in [0.3, 0.4) is 0 Å². The fourth-order valence-electron chi connectivity index (χ4n) is 2.75. The van der Waals surface area contributed by atoms with Gasteiger partial charge in [-0.05, 0) is 17.7 Å². The van der Waals surface area contributed by atoms with E-state index >= 15 is 0 Å². The highest BCUT2D eigenvalue weighted by Crippen LogP contribution is 2.37. The number of ether oxygens (including phenoxy) is 3. The summed E-state index contributed by atoms with van der Waals surface area (Å²) in [5.41, 5.74) is 0.814. The van der Waals surface area contributed by atoms with Crippen molar-refractivity contribution in [3.8, 4) is 11.5 Å². The summed E-state index contributed by atoms with van der Waals surface area (Å²) in [5.74, 6) is 1.00. The number of rotatable bonds is 3. The first kappa shape index (κ1) is 14.5. The summed E-state index contributed by atoms with van der Waals surface area (Å²) in [6, 6.07) is 14.0. The molecule has 7 heteroatoms. The van der Waals surface area contributed by atoms with Gasteiger partial charge >= 0.3 is 0 Å². The number of hydrogen-bond donors (Lipinski definition) is 0. The SMILES string of the molecule is O=S(=O)(c1ccc2c(c1)OCO2)N1CCOC1c1ccccc1. The monoisotopic (exact) mass is 333 g/mol. The van der Waals surface area contributed by atoms with Gasteiger partial charge in [0.2, 0.25) is 16.8 Å². The van der Waals surface area contributed by atoms with Crippen molar-refractivity contribution in [3.05, 3.63) is 54.1 Å². The Bertz CT molecular complexity index is 822. The Kier molecular flexibility index (Phi) is 3.48. The predicted octanol–water partition coefficient (Wildman–Crippen LogP) is 2.13. The molecule has 0 saturated carbocycles. The van der Waals surface area contributed by atoms with Gasteiger partial charge in [-0.1, -0.05) is 30.3 Å². The maximum absolute atomic E-state index is 13.0. The third-order valence-electron chi connectivity index (χ3n) is 3.88. The summed E-state index contributed by atoms with van der Waals surface area (Å²) in [5, 5.41) is 0. The molecule has 0 aliphatic carbocycles. The van der Waals surface area contributed by atoms with Crippen LogP contribution < -0.4 is 9.47 Å². The lowest BCUT2D eigenvalue weighted by atomic mass is 10.2. The minimum Gasteiger partial charge on any atom is -0.454 e. The van der Waals surface area contributed by atoms with Crippen LogP contribution in [0.1, 0.15) is 11.8 Å². The van der Waals surface area contributed by atoms with E-state index < -0.39 is 16.3 Å². The van der Waals surface area contributed by atoms with Gasteiger partial charge in [0.05, 0.1) is 11.5 Å². The van der Waals surface area contributed by atoms with E-state index in [2.05, 4.69) is 0 Å². The molecule has 1 atom stereocenters. The molecule has 2 aliphatic heterocycles. The molecule has 2 heterocycles. The Hall–Kier alpha value is -2.09. The highest BCUT2D eigenvalue weighted by atomic mass is 32.2. The van der Waals surface area contributed by atoms with Crippen molar-refractivity contribution in [2.75, 3.05) is 19.9 Å². The molecule has 1 fully saturated rings. The first-order valence-corrected chi connectivity index (χ1v) is 8.68. The molecule has 2 aliphatic rings. The molecular weight excluding hydrogens is 318 g/mol. The molecule has 1 unspecified atom stereocenters. The maximum Gasteiger partial charge on any atom is 0.245 e. The number of nitrogens with zero attached hydrogens (tertiary/aromatic N) is 1. The first-order valence-electron chi connectivity index (χ1n) is 7.24. The molecule has 6 nitrogen and oxygen atoms in total. The highest BCUT2D eigenvalue weighted by Gasteiger charge is 2.37. The van der Waals surface area contributed by atoms with Crippen molar-refractivity contribution in [1.29, 1.82) is 0 Å². The van der Waals surface area contributed by atoms with Crippen LogP contribution in [-0.4, -0.2) is 32.7 Å². The zero-order valence-electron chi connectivity index (χ0n) is 12.2. The standard InChI is InChI=1S/C16H15NO5S/c18-23(19,13-6-7-14-15(10-13)22-11-21-14)17-8-9-20-16(17)12-4-2-1-3-5-12/h1-7,10,16H,8-9,11H2. The zero-order valence-corrected chi connectivity index (χ0v) is 13.0. The Morgan fingerprint density at radius 3 is 2.61 bits per heavy atom. The van der Waals surface area contributed by atoms with Gasteiger partial charge in [-0.25, -0.2) is 8.42 Å². The van der Waals surface area contributed by atoms with Crippen LogP contribution in [0, 0.1) is 0 Å². The second-order valence-electron chi connectivity index (χ2n) is 5.26. The molecular formula is C16H15NO5S. The van der Waals surface area contributed by atoms with Gasteiger partial charge in [-0.15, -0.1) is 0 Å². The van der Waals surface area contributed by atoms with E-state index in [1.807, 2.05) is 30.3 Å². The summed E-state index contributed by atoms with van der Waals surface area (Å²) < 4.78 is 43.5. The van der Waals surface area contributed by atoms with Crippen molar-refractivity contribution in [3.63, 3.8) is 0 Å². The molecule has 1 saturated heterocycles.